The molecule has 0 radical (unpaired) electrons. The Kier molecular flexibility index (Phi) is 6.77. The van der Waals surface area contributed by atoms with Crippen LogP contribution in [-0.4, -0.2) is 90.7 Å². The number of nitrogens with one attached hydrogen (secondary N) is 1. The van der Waals surface area contributed by atoms with Crippen LogP contribution in [0.2, 0.25) is 0 Å². The molecular weight excluding hydrogens is 465 g/mol. The van der Waals surface area contributed by atoms with E-state index >= 15 is 0 Å². The van der Waals surface area contributed by atoms with Crippen LogP contribution in [0.4, 0.5) is 20.6 Å². The number of hydrogen-bond donors (Lipinski definition) is 1. The minimum atomic E-state index is -0.831. The first kappa shape index (κ1) is 24.1. The summed E-state index contributed by atoms with van der Waals surface area (Å²) in [4.78, 5) is 46.7. The van der Waals surface area contributed by atoms with E-state index in [1.807, 2.05) is 30.3 Å². The maximum atomic E-state index is 13.8. The largest absolute Gasteiger partial charge is 0.378 e. The highest BCUT2D eigenvalue weighted by molar-refractivity contribution is 5.97. The number of rotatable bonds is 4. The smallest absolute Gasteiger partial charge is 0.321 e. The number of anilines is 2. The molecule has 2 aromatic carbocycles. The predicted molar refractivity (Wildman–Crippen MR) is 132 cm³/mol. The molecule has 4 amide bonds. The van der Waals surface area contributed by atoms with E-state index in [9.17, 15) is 18.8 Å². The maximum Gasteiger partial charge on any atom is 0.321 e. The molecule has 0 atom stereocenters. The van der Waals surface area contributed by atoms with Gasteiger partial charge in [-0.05, 0) is 43.2 Å². The third kappa shape index (κ3) is 4.73. The molecule has 3 heterocycles. The summed E-state index contributed by atoms with van der Waals surface area (Å²) in [7, 11) is 0. The van der Waals surface area contributed by atoms with Crippen molar-refractivity contribution in [1.82, 2.24) is 14.7 Å². The number of urea groups is 1. The average molecular weight is 496 g/mol. The average Bonchev–Trinajstić information content (AvgIpc) is 3.16. The summed E-state index contributed by atoms with van der Waals surface area (Å²) >= 11 is 0. The van der Waals surface area contributed by atoms with Gasteiger partial charge in [-0.1, -0.05) is 24.3 Å². The zero-order valence-electron chi connectivity index (χ0n) is 20.1. The highest BCUT2D eigenvalue weighted by atomic mass is 19.1. The van der Waals surface area contributed by atoms with E-state index in [-0.39, 0.29) is 24.4 Å². The monoisotopic (exact) mass is 495 g/mol. The van der Waals surface area contributed by atoms with E-state index in [2.05, 4.69) is 10.2 Å². The van der Waals surface area contributed by atoms with Crippen molar-refractivity contribution in [3.8, 4) is 0 Å². The first-order chi connectivity index (χ1) is 17.5. The van der Waals surface area contributed by atoms with Gasteiger partial charge in [-0.15, -0.1) is 0 Å². The standard InChI is InChI=1S/C26H30FN5O4/c27-20-5-4-6-21(17-20)28-25(35)30-11-9-26(10-12-30)24(34)31(18-23(33)29-13-15-36-16-14-29)19-32(26)22-7-2-1-3-8-22/h1-8,17H,9-16,18-19H2,(H,28,35). The Bertz CT molecular complexity index is 1120. The quantitative estimate of drug-likeness (QED) is 0.704. The van der Waals surface area contributed by atoms with Gasteiger partial charge in [0.2, 0.25) is 5.91 Å². The summed E-state index contributed by atoms with van der Waals surface area (Å²) in [5, 5.41) is 2.73. The zero-order chi connectivity index (χ0) is 25.1. The molecule has 0 saturated carbocycles. The fourth-order valence-electron chi connectivity index (χ4n) is 5.25. The maximum absolute atomic E-state index is 13.8. The number of amides is 4. The Labute approximate surface area is 209 Å². The van der Waals surface area contributed by atoms with Crippen molar-refractivity contribution < 1.29 is 23.5 Å². The SMILES string of the molecule is O=C(CN1CN(c2ccccc2)C2(CCN(C(=O)Nc3cccc(F)c3)CC2)C1=O)N1CCOCC1. The van der Waals surface area contributed by atoms with Crippen LogP contribution < -0.4 is 10.2 Å². The lowest BCUT2D eigenvalue weighted by Crippen LogP contribution is -2.58. The Hall–Kier alpha value is -3.66. The second-order valence-corrected chi connectivity index (χ2v) is 9.36. The van der Waals surface area contributed by atoms with E-state index < -0.39 is 11.4 Å². The number of halogens is 1. The summed E-state index contributed by atoms with van der Waals surface area (Å²) < 4.78 is 18.8. The lowest BCUT2D eigenvalue weighted by atomic mass is 9.85. The van der Waals surface area contributed by atoms with Gasteiger partial charge in [0.05, 0.1) is 19.9 Å². The van der Waals surface area contributed by atoms with Gasteiger partial charge in [0.15, 0.2) is 0 Å². The van der Waals surface area contributed by atoms with Crippen molar-refractivity contribution in [2.45, 2.75) is 18.4 Å². The molecule has 5 rings (SSSR count). The van der Waals surface area contributed by atoms with Crippen molar-refractivity contribution in [2.75, 3.05) is 62.8 Å². The van der Waals surface area contributed by atoms with Gasteiger partial charge in [0.1, 0.15) is 17.9 Å². The van der Waals surface area contributed by atoms with Gasteiger partial charge >= 0.3 is 6.03 Å². The van der Waals surface area contributed by atoms with Gasteiger partial charge in [-0.3, -0.25) is 9.59 Å². The van der Waals surface area contributed by atoms with E-state index in [0.717, 1.165) is 5.69 Å². The fraction of sp³-hybridized carbons (Fsp3) is 0.423. The highest BCUT2D eigenvalue weighted by Gasteiger charge is 2.54. The number of ether oxygens (including phenoxy) is 1. The van der Waals surface area contributed by atoms with Gasteiger partial charge in [-0.2, -0.15) is 0 Å². The Balaban J connectivity index is 1.31. The number of piperidine rings is 1. The normalized spacial score (nSPS) is 19.6. The third-order valence-corrected chi connectivity index (χ3v) is 7.23. The van der Waals surface area contributed by atoms with Crippen LogP contribution in [0.3, 0.4) is 0 Å². The minimum absolute atomic E-state index is 0.0215. The second-order valence-electron chi connectivity index (χ2n) is 9.36. The van der Waals surface area contributed by atoms with Crippen molar-refractivity contribution in [2.24, 2.45) is 0 Å². The summed E-state index contributed by atoms with van der Waals surface area (Å²) in [6.45, 7) is 3.14. The molecule has 0 bridgehead atoms. The third-order valence-electron chi connectivity index (χ3n) is 7.23. The number of carbonyl (C=O) groups is 3. The molecule has 1 N–H and O–H groups in total. The van der Waals surface area contributed by atoms with E-state index in [1.54, 1.807) is 20.8 Å². The molecule has 9 nitrogen and oxygen atoms in total. The summed E-state index contributed by atoms with van der Waals surface area (Å²) in [5.41, 5.74) is 0.461. The van der Waals surface area contributed by atoms with Gasteiger partial charge in [-0.25, -0.2) is 9.18 Å². The van der Waals surface area contributed by atoms with E-state index in [4.69, 9.17) is 4.74 Å². The Morgan fingerprint density at radius 3 is 2.36 bits per heavy atom. The summed E-state index contributed by atoms with van der Waals surface area (Å²) in [6, 6.07) is 15.1. The molecule has 10 heteroatoms. The van der Waals surface area contributed by atoms with Crippen molar-refractivity contribution in [3.63, 3.8) is 0 Å². The number of hydrogen-bond acceptors (Lipinski definition) is 5. The van der Waals surface area contributed by atoms with Crippen LogP contribution in [-0.2, 0) is 14.3 Å². The number of morpholine rings is 1. The van der Waals surface area contributed by atoms with Crippen LogP contribution in [0, 0.1) is 5.82 Å². The first-order valence-corrected chi connectivity index (χ1v) is 12.3. The van der Waals surface area contributed by atoms with Crippen LogP contribution in [0.5, 0.6) is 0 Å². The molecule has 0 unspecified atom stereocenters. The van der Waals surface area contributed by atoms with Crippen molar-refractivity contribution in [3.05, 3.63) is 60.4 Å². The van der Waals surface area contributed by atoms with Crippen LogP contribution in [0.15, 0.2) is 54.6 Å². The lowest BCUT2D eigenvalue weighted by molar-refractivity contribution is -0.143. The van der Waals surface area contributed by atoms with Crippen LogP contribution in [0.1, 0.15) is 12.8 Å². The molecule has 0 aliphatic carbocycles. The molecule has 3 saturated heterocycles. The van der Waals surface area contributed by atoms with Gasteiger partial charge in [0.25, 0.3) is 5.91 Å². The topological polar surface area (TPSA) is 85.4 Å². The number of likely N-dealkylation sites (tertiary alicyclic amines) is 1. The number of carbonyl (C=O) groups excluding carboxylic acids is 3. The minimum Gasteiger partial charge on any atom is -0.378 e. The van der Waals surface area contributed by atoms with Crippen molar-refractivity contribution >= 4 is 29.2 Å². The zero-order valence-corrected chi connectivity index (χ0v) is 20.1. The van der Waals surface area contributed by atoms with Gasteiger partial charge < -0.3 is 29.7 Å². The molecule has 2 aromatic rings. The molecule has 0 aromatic heterocycles. The number of nitrogens with zero attached hydrogens (tertiary/aromatic N) is 4. The lowest BCUT2D eigenvalue weighted by Gasteiger charge is -2.43. The first-order valence-electron chi connectivity index (χ1n) is 12.3. The Morgan fingerprint density at radius 1 is 0.944 bits per heavy atom. The molecular formula is C26H30FN5O4. The molecule has 36 heavy (non-hydrogen) atoms. The molecule has 3 aliphatic rings. The fourth-order valence-corrected chi connectivity index (χ4v) is 5.25. The van der Waals surface area contributed by atoms with Crippen LogP contribution in [0.25, 0.3) is 0 Å². The highest BCUT2D eigenvalue weighted by Crippen LogP contribution is 2.39. The number of para-hydroxylation sites is 1. The second kappa shape index (κ2) is 10.1. The van der Waals surface area contributed by atoms with Gasteiger partial charge in [0, 0.05) is 37.6 Å². The Morgan fingerprint density at radius 2 is 1.67 bits per heavy atom. The van der Waals surface area contributed by atoms with Crippen LogP contribution >= 0.6 is 0 Å². The molecule has 3 fully saturated rings. The number of benzene rings is 2. The molecule has 3 aliphatic heterocycles. The molecule has 190 valence electrons. The van der Waals surface area contributed by atoms with Crippen molar-refractivity contribution in [1.29, 1.82) is 0 Å². The predicted octanol–water partition coefficient (Wildman–Crippen LogP) is 2.36. The molecule has 1 spiro atoms. The van der Waals surface area contributed by atoms with E-state index in [0.29, 0.717) is 64.6 Å². The van der Waals surface area contributed by atoms with E-state index in [1.165, 1.54) is 18.2 Å². The summed E-state index contributed by atoms with van der Waals surface area (Å²) in [5.74, 6) is -0.589. The summed E-state index contributed by atoms with van der Waals surface area (Å²) in [6.07, 6.45) is 0.860.